The molecule has 1 aliphatic carbocycles. The van der Waals surface area contributed by atoms with Crippen molar-refractivity contribution < 1.29 is 22.5 Å². The van der Waals surface area contributed by atoms with Crippen molar-refractivity contribution in [2.75, 3.05) is 26.3 Å². The maximum absolute atomic E-state index is 12.4. The smallest absolute Gasteiger partial charge is 0.316 e. The average Bonchev–Trinajstić information content (AvgIpc) is 3.13. The van der Waals surface area contributed by atoms with Crippen molar-refractivity contribution in [3.63, 3.8) is 0 Å². The van der Waals surface area contributed by atoms with Crippen molar-refractivity contribution >= 4 is 27.3 Å². The van der Waals surface area contributed by atoms with Gasteiger partial charge in [0, 0.05) is 24.0 Å². The van der Waals surface area contributed by atoms with Gasteiger partial charge in [-0.25, -0.2) is 13.1 Å². The Morgan fingerprint density at radius 2 is 2.08 bits per heavy atom. The highest BCUT2D eigenvalue weighted by molar-refractivity contribution is 7.89. The minimum atomic E-state index is -3.56. The normalized spacial score (nSPS) is 18.3. The Morgan fingerprint density at radius 3 is 2.77 bits per heavy atom. The molecule has 11 heteroatoms. The second-order valence-corrected chi connectivity index (χ2v) is 9.19. The van der Waals surface area contributed by atoms with E-state index < -0.39 is 10.0 Å². The number of aromatic nitrogens is 2. The number of sulfonamides is 1. The summed E-state index contributed by atoms with van der Waals surface area (Å²) in [6.07, 6.45) is 1.74. The first kappa shape index (κ1) is 17.6. The summed E-state index contributed by atoms with van der Waals surface area (Å²) in [5, 5.41) is 3.84. The summed E-state index contributed by atoms with van der Waals surface area (Å²) in [5.74, 6) is -0.236. The molecule has 3 heterocycles. The number of ether oxygens (including phenoxy) is 1. The monoisotopic (exact) mass is 398 g/mol. The van der Waals surface area contributed by atoms with Crippen LogP contribution >= 0.6 is 11.3 Å². The van der Waals surface area contributed by atoms with Gasteiger partial charge in [-0.05, 0) is 25.8 Å². The summed E-state index contributed by atoms with van der Waals surface area (Å²) >= 11 is 1.25. The lowest BCUT2D eigenvalue weighted by molar-refractivity contribution is 0.0272. The molecule has 26 heavy (non-hydrogen) atoms. The number of hydrogen-bond acceptors (Lipinski definition) is 8. The molecule has 1 saturated heterocycles. The van der Waals surface area contributed by atoms with Crippen molar-refractivity contribution in [1.29, 1.82) is 0 Å². The van der Waals surface area contributed by atoms with Crippen LogP contribution in [0.25, 0.3) is 10.7 Å². The molecule has 2 aromatic rings. The van der Waals surface area contributed by atoms with E-state index in [1.165, 1.54) is 17.4 Å². The molecule has 9 nitrogen and oxygen atoms in total. The fourth-order valence-corrected chi connectivity index (χ4v) is 5.46. The van der Waals surface area contributed by atoms with E-state index in [9.17, 15) is 13.2 Å². The molecule has 0 aromatic carbocycles. The highest BCUT2D eigenvalue weighted by atomic mass is 32.2. The van der Waals surface area contributed by atoms with Gasteiger partial charge in [0.05, 0.1) is 23.0 Å². The number of carbonyl (C=O) groups is 1. The summed E-state index contributed by atoms with van der Waals surface area (Å²) in [6, 6.07) is 1.56. The van der Waals surface area contributed by atoms with E-state index in [2.05, 4.69) is 14.9 Å². The minimum Gasteiger partial charge on any atom is -0.378 e. The summed E-state index contributed by atoms with van der Waals surface area (Å²) in [6.45, 7) is 3.64. The number of aryl methyl sites for hydroxylation is 1. The van der Waals surface area contributed by atoms with Crippen LogP contribution in [0.2, 0.25) is 0 Å². The molecule has 0 unspecified atom stereocenters. The first-order valence-corrected chi connectivity index (χ1v) is 10.6. The molecular formula is C15H18N4O5S2. The molecule has 2 fully saturated rings. The molecule has 1 N–H and O–H groups in total. The Balaban J connectivity index is 1.56. The standard InChI is InChI=1S/C15H18N4O5S2/c1-9-12(26(21,22)18-10-2-3-10)8-11(25-9)13-16-14(24-17-13)15(20)19-4-6-23-7-5-19/h8,10,18H,2-7H2,1H3. The zero-order valence-corrected chi connectivity index (χ0v) is 15.7. The maximum atomic E-state index is 12.4. The van der Waals surface area contributed by atoms with Gasteiger partial charge in [-0.1, -0.05) is 5.16 Å². The number of carbonyl (C=O) groups excluding carboxylic acids is 1. The number of hydrogen-bond donors (Lipinski definition) is 1. The molecule has 0 radical (unpaired) electrons. The van der Waals surface area contributed by atoms with Crippen LogP contribution in [0.4, 0.5) is 0 Å². The van der Waals surface area contributed by atoms with E-state index in [4.69, 9.17) is 9.26 Å². The molecule has 2 aromatic heterocycles. The van der Waals surface area contributed by atoms with Gasteiger partial charge in [-0.3, -0.25) is 4.79 Å². The predicted molar refractivity (Wildman–Crippen MR) is 92.4 cm³/mol. The second kappa shape index (κ2) is 6.72. The van der Waals surface area contributed by atoms with Crippen molar-refractivity contribution in [3.05, 3.63) is 16.8 Å². The zero-order chi connectivity index (χ0) is 18.3. The van der Waals surface area contributed by atoms with Crippen LogP contribution in [-0.2, 0) is 14.8 Å². The Hall–Kier alpha value is -1.82. The number of morpholine rings is 1. The van der Waals surface area contributed by atoms with Gasteiger partial charge in [0.15, 0.2) is 0 Å². The maximum Gasteiger partial charge on any atom is 0.316 e. The molecule has 0 atom stereocenters. The molecule has 0 spiro atoms. The van der Waals surface area contributed by atoms with Crippen LogP contribution in [0.3, 0.4) is 0 Å². The van der Waals surface area contributed by atoms with E-state index in [0.717, 1.165) is 12.8 Å². The van der Waals surface area contributed by atoms with Crippen molar-refractivity contribution in [1.82, 2.24) is 19.8 Å². The van der Waals surface area contributed by atoms with Gasteiger partial charge >= 0.3 is 11.8 Å². The van der Waals surface area contributed by atoms with Crippen LogP contribution in [0.5, 0.6) is 0 Å². The predicted octanol–water partition coefficient (Wildman–Crippen LogP) is 1.02. The molecule has 140 valence electrons. The largest absolute Gasteiger partial charge is 0.378 e. The Morgan fingerprint density at radius 1 is 1.35 bits per heavy atom. The molecule has 2 aliphatic rings. The summed E-state index contributed by atoms with van der Waals surface area (Å²) in [5.41, 5.74) is 0. The number of thiophene rings is 1. The molecule has 4 rings (SSSR count). The summed E-state index contributed by atoms with van der Waals surface area (Å²) in [7, 11) is -3.56. The van der Waals surface area contributed by atoms with Crippen LogP contribution in [0.15, 0.2) is 15.5 Å². The van der Waals surface area contributed by atoms with E-state index in [1.54, 1.807) is 11.8 Å². The zero-order valence-electron chi connectivity index (χ0n) is 14.1. The number of nitrogens with one attached hydrogen (secondary N) is 1. The number of amides is 1. The lowest BCUT2D eigenvalue weighted by Crippen LogP contribution is -2.40. The SMILES string of the molecule is Cc1sc(-c2noc(C(=O)N3CCOCC3)n2)cc1S(=O)(=O)NC1CC1. The second-order valence-electron chi connectivity index (χ2n) is 6.25. The van der Waals surface area contributed by atoms with Crippen molar-refractivity contribution in [3.8, 4) is 10.7 Å². The molecule has 0 bridgehead atoms. The lowest BCUT2D eigenvalue weighted by atomic mass is 10.4. The van der Waals surface area contributed by atoms with Gasteiger partial charge in [-0.2, -0.15) is 4.98 Å². The van der Waals surface area contributed by atoms with Gasteiger partial charge in [0.2, 0.25) is 15.8 Å². The quantitative estimate of drug-likeness (QED) is 0.799. The number of rotatable bonds is 5. The highest BCUT2D eigenvalue weighted by Gasteiger charge is 2.31. The number of nitrogens with zero attached hydrogens (tertiary/aromatic N) is 3. The van der Waals surface area contributed by atoms with E-state index in [1.807, 2.05) is 0 Å². The van der Waals surface area contributed by atoms with Gasteiger partial charge in [-0.15, -0.1) is 11.3 Å². The van der Waals surface area contributed by atoms with Crippen molar-refractivity contribution in [2.24, 2.45) is 0 Å². The third-order valence-corrected chi connectivity index (χ3v) is 7.01. The van der Waals surface area contributed by atoms with Crippen LogP contribution in [-0.4, -0.2) is 61.7 Å². The first-order valence-electron chi connectivity index (χ1n) is 8.28. The van der Waals surface area contributed by atoms with Crippen molar-refractivity contribution in [2.45, 2.75) is 30.7 Å². The molecule has 1 saturated carbocycles. The lowest BCUT2D eigenvalue weighted by Gasteiger charge is -2.25. The van der Waals surface area contributed by atoms with Gasteiger partial charge < -0.3 is 14.2 Å². The molecular weight excluding hydrogens is 380 g/mol. The van der Waals surface area contributed by atoms with Crippen LogP contribution < -0.4 is 4.72 Å². The van der Waals surface area contributed by atoms with E-state index >= 15 is 0 Å². The Kier molecular flexibility index (Phi) is 4.55. The molecule has 1 amide bonds. The van der Waals surface area contributed by atoms with E-state index in [0.29, 0.717) is 36.1 Å². The molecule has 1 aliphatic heterocycles. The fraction of sp³-hybridized carbons (Fsp3) is 0.533. The van der Waals surface area contributed by atoms with Crippen LogP contribution in [0.1, 0.15) is 28.4 Å². The minimum absolute atomic E-state index is 0.0330. The summed E-state index contributed by atoms with van der Waals surface area (Å²) in [4.78, 5) is 19.5. The van der Waals surface area contributed by atoms with Gasteiger partial charge in [0.1, 0.15) is 0 Å². The van der Waals surface area contributed by atoms with E-state index in [-0.39, 0.29) is 28.6 Å². The fourth-order valence-electron chi connectivity index (χ4n) is 2.64. The average molecular weight is 398 g/mol. The van der Waals surface area contributed by atoms with Gasteiger partial charge in [0.25, 0.3) is 0 Å². The summed E-state index contributed by atoms with van der Waals surface area (Å²) < 4.78 is 37.8. The topological polar surface area (TPSA) is 115 Å². The third-order valence-electron chi connectivity index (χ3n) is 4.19. The van der Waals surface area contributed by atoms with Crippen LogP contribution in [0, 0.1) is 6.92 Å². The Bertz CT molecular complexity index is 926. The Labute approximate surface area is 154 Å². The first-order chi connectivity index (χ1) is 12.4. The highest BCUT2D eigenvalue weighted by Crippen LogP contribution is 2.33. The third kappa shape index (κ3) is 3.52.